The van der Waals surface area contributed by atoms with Crippen molar-refractivity contribution in [1.29, 1.82) is 0 Å². The van der Waals surface area contributed by atoms with Crippen LogP contribution in [0, 0.1) is 5.92 Å². The Bertz CT molecular complexity index is 251. The van der Waals surface area contributed by atoms with Crippen LogP contribution in [0.5, 0.6) is 0 Å². The molecule has 0 spiro atoms. The van der Waals surface area contributed by atoms with Crippen LogP contribution in [0.1, 0.15) is 27.2 Å². The summed E-state index contributed by atoms with van der Waals surface area (Å²) in [6, 6.07) is 0. The van der Waals surface area contributed by atoms with E-state index < -0.39 is 17.5 Å². The van der Waals surface area contributed by atoms with E-state index in [1.807, 2.05) is 13.8 Å². The average Bonchev–Trinajstić information content (AvgIpc) is 2.00. The monoisotopic (exact) mass is 184 g/mol. The van der Waals surface area contributed by atoms with Crippen molar-refractivity contribution in [3.05, 3.63) is 11.6 Å². The zero-order valence-corrected chi connectivity index (χ0v) is 8.24. The van der Waals surface area contributed by atoms with Crippen LogP contribution in [0.3, 0.4) is 0 Å². The summed E-state index contributed by atoms with van der Waals surface area (Å²) in [6.45, 7) is 5.28. The van der Waals surface area contributed by atoms with Crippen LogP contribution in [-0.2, 0) is 4.79 Å². The molecule has 1 aliphatic rings. The summed E-state index contributed by atoms with van der Waals surface area (Å²) in [6.07, 6.45) is 0.871. The van der Waals surface area contributed by atoms with Gasteiger partial charge in [0.15, 0.2) is 5.78 Å². The summed E-state index contributed by atoms with van der Waals surface area (Å²) >= 11 is 0. The maximum absolute atomic E-state index is 11.4. The van der Waals surface area contributed by atoms with Crippen molar-refractivity contribution < 1.29 is 15.0 Å². The van der Waals surface area contributed by atoms with E-state index in [-0.39, 0.29) is 5.92 Å². The molecule has 2 unspecified atom stereocenters. The first-order valence-corrected chi connectivity index (χ1v) is 4.51. The van der Waals surface area contributed by atoms with Crippen LogP contribution < -0.4 is 0 Å². The summed E-state index contributed by atoms with van der Waals surface area (Å²) in [5.41, 5.74) is -0.692. The molecule has 13 heavy (non-hydrogen) atoms. The second-order valence-electron chi connectivity index (χ2n) is 4.11. The Morgan fingerprint density at radius 2 is 2.15 bits per heavy atom. The smallest absolute Gasteiger partial charge is 0.189 e. The minimum Gasteiger partial charge on any atom is -0.389 e. The van der Waals surface area contributed by atoms with Gasteiger partial charge in [-0.2, -0.15) is 0 Å². The number of rotatable bonds is 1. The molecule has 0 aromatic rings. The normalized spacial score (nSPS) is 35.1. The van der Waals surface area contributed by atoms with Crippen LogP contribution >= 0.6 is 0 Å². The van der Waals surface area contributed by atoms with Crippen molar-refractivity contribution >= 4 is 5.78 Å². The van der Waals surface area contributed by atoms with Gasteiger partial charge in [0.2, 0.25) is 0 Å². The van der Waals surface area contributed by atoms with E-state index in [9.17, 15) is 15.0 Å². The van der Waals surface area contributed by atoms with E-state index in [0.717, 1.165) is 5.57 Å². The average molecular weight is 184 g/mol. The van der Waals surface area contributed by atoms with Crippen molar-refractivity contribution in [1.82, 2.24) is 0 Å². The van der Waals surface area contributed by atoms with Crippen molar-refractivity contribution in [2.75, 3.05) is 0 Å². The summed E-state index contributed by atoms with van der Waals surface area (Å²) < 4.78 is 0. The van der Waals surface area contributed by atoms with E-state index >= 15 is 0 Å². The third-order valence-corrected chi connectivity index (χ3v) is 2.63. The first-order valence-electron chi connectivity index (χ1n) is 4.51. The van der Waals surface area contributed by atoms with Gasteiger partial charge in [-0.05, 0) is 25.3 Å². The number of ketones is 1. The van der Waals surface area contributed by atoms with Crippen LogP contribution in [0.2, 0.25) is 0 Å². The fourth-order valence-corrected chi connectivity index (χ4v) is 1.36. The number of carbonyl (C=O) groups is 1. The van der Waals surface area contributed by atoms with Gasteiger partial charge in [-0.15, -0.1) is 0 Å². The van der Waals surface area contributed by atoms with Gasteiger partial charge < -0.3 is 10.2 Å². The fourth-order valence-electron chi connectivity index (χ4n) is 1.36. The Hall–Kier alpha value is -0.670. The standard InChI is InChI=1S/C10H16O3/c1-6(2)7-4-8(11)10(3,13)9(12)5-7/h4,6,9,12-13H,5H2,1-3H3. The highest BCUT2D eigenvalue weighted by molar-refractivity contribution is 5.98. The lowest BCUT2D eigenvalue weighted by molar-refractivity contribution is -0.143. The summed E-state index contributed by atoms with van der Waals surface area (Å²) in [7, 11) is 0. The second kappa shape index (κ2) is 3.24. The first kappa shape index (κ1) is 10.4. The minimum atomic E-state index is -1.60. The van der Waals surface area contributed by atoms with Gasteiger partial charge >= 0.3 is 0 Å². The Morgan fingerprint density at radius 3 is 2.54 bits per heavy atom. The van der Waals surface area contributed by atoms with E-state index in [0.29, 0.717) is 6.42 Å². The van der Waals surface area contributed by atoms with Crippen molar-refractivity contribution in [3.8, 4) is 0 Å². The second-order valence-corrected chi connectivity index (χ2v) is 4.11. The van der Waals surface area contributed by atoms with Crippen LogP contribution in [0.4, 0.5) is 0 Å². The molecule has 0 aromatic carbocycles. The molecule has 0 radical (unpaired) electrons. The van der Waals surface area contributed by atoms with Gasteiger partial charge in [0.25, 0.3) is 0 Å². The molecule has 0 bridgehead atoms. The highest BCUT2D eigenvalue weighted by atomic mass is 16.3. The fraction of sp³-hybridized carbons (Fsp3) is 0.700. The molecule has 0 fully saturated rings. The van der Waals surface area contributed by atoms with Crippen LogP contribution in [-0.4, -0.2) is 27.7 Å². The number of hydrogen-bond donors (Lipinski definition) is 2. The van der Waals surface area contributed by atoms with Gasteiger partial charge in [-0.1, -0.05) is 19.4 Å². The Balaban J connectivity index is 2.95. The maximum atomic E-state index is 11.4. The Labute approximate surface area is 78.1 Å². The molecule has 3 heteroatoms. The first-order chi connectivity index (χ1) is 5.85. The molecule has 74 valence electrons. The van der Waals surface area contributed by atoms with E-state index in [4.69, 9.17) is 0 Å². The SMILES string of the molecule is CC(C)C1=CC(=O)C(C)(O)C(O)C1. The maximum Gasteiger partial charge on any atom is 0.189 e. The lowest BCUT2D eigenvalue weighted by Gasteiger charge is -2.32. The van der Waals surface area contributed by atoms with E-state index in [1.54, 1.807) is 0 Å². The molecule has 1 aliphatic carbocycles. The highest BCUT2D eigenvalue weighted by Crippen LogP contribution is 2.28. The largest absolute Gasteiger partial charge is 0.389 e. The van der Waals surface area contributed by atoms with Crippen molar-refractivity contribution in [3.63, 3.8) is 0 Å². The summed E-state index contributed by atoms with van der Waals surface area (Å²) in [4.78, 5) is 11.4. The Morgan fingerprint density at radius 1 is 1.62 bits per heavy atom. The molecule has 2 atom stereocenters. The van der Waals surface area contributed by atoms with Gasteiger partial charge in [0.05, 0.1) is 6.10 Å². The molecule has 0 aromatic heterocycles. The van der Waals surface area contributed by atoms with E-state index in [2.05, 4.69) is 0 Å². The third kappa shape index (κ3) is 1.81. The molecule has 0 heterocycles. The molecule has 3 nitrogen and oxygen atoms in total. The number of aliphatic hydroxyl groups excluding tert-OH is 1. The molecule has 0 amide bonds. The number of carbonyl (C=O) groups excluding carboxylic acids is 1. The number of hydrogen-bond acceptors (Lipinski definition) is 3. The topological polar surface area (TPSA) is 57.5 Å². The van der Waals surface area contributed by atoms with Crippen LogP contribution in [0.25, 0.3) is 0 Å². The molecular formula is C10H16O3. The zero-order valence-electron chi connectivity index (χ0n) is 8.24. The van der Waals surface area contributed by atoms with Gasteiger partial charge in [-0.3, -0.25) is 4.79 Å². The van der Waals surface area contributed by atoms with Gasteiger partial charge in [0, 0.05) is 0 Å². The molecule has 0 saturated heterocycles. The molecule has 0 aliphatic heterocycles. The predicted molar refractivity (Wildman–Crippen MR) is 49.2 cm³/mol. The lowest BCUT2D eigenvalue weighted by atomic mass is 9.80. The predicted octanol–water partition coefficient (Wildman–Crippen LogP) is 0.653. The van der Waals surface area contributed by atoms with E-state index in [1.165, 1.54) is 13.0 Å². The quantitative estimate of drug-likeness (QED) is 0.629. The third-order valence-electron chi connectivity index (χ3n) is 2.63. The molecule has 0 saturated carbocycles. The number of aliphatic hydroxyl groups is 2. The zero-order chi connectivity index (χ0) is 10.2. The Kier molecular flexibility index (Phi) is 2.59. The summed E-state index contributed by atoms with van der Waals surface area (Å²) in [5, 5.41) is 19.1. The lowest BCUT2D eigenvalue weighted by Crippen LogP contribution is -2.49. The molecular weight excluding hydrogens is 168 g/mol. The van der Waals surface area contributed by atoms with Crippen molar-refractivity contribution in [2.24, 2.45) is 5.92 Å². The van der Waals surface area contributed by atoms with Gasteiger partial charge in [0.1, 0.15) is 5.60 Å². The molecule has 2 N–H and O–H groups in total. The van der Waals surface area contributed by atoms with Gasteiger partial charge in [-0.25, -0.2) is 0 Å². The molecule has 1 rings (SSSR count). The minimum absolute atomic E-state index is 0.245. The van der Waals surface area contributed by atoms with Crippen molar-refractivity contribution in [2.45, 2.75) is 38.9 Å². The summed E-state index contributed by atoms with van der Waals surface area (Å²) in [5.74, 6) is -0.148. The van der Waals surface area contributed by atoms with Crippen LogP contribution in [0.15, 0.2) is 11.6 Å². The highest BCUT2D eigenvalue weighted by Gasteiger charge is 2.40.